The molecule has 0 aliphatic heterocycles. The van der Waals surface area contributed by atoms with Crippen molar-refractivity contribution < 1.29 is 13.7 Å². The third-order valence-corrected chi connectivity index (χ3v) is 3.29. The smallest absolute Gasteiger partial charge is 0.238 e. The van der Waals surface area contributed by atoms with Crippen LogP contribution in [0.1, 0.15) is 32.1 Å². The first-order valence-electron chi connectivity index (χ1n) is 6.54. The van der Waals surface area contributed by atoms with Crippen molar-refractivity contribution in [2.45, 2.75) is 26.2 Å². The SMILES string of the molecule is CCC(=O)C(C)c1nc(-c2cc3ccccc3o2)no1. The van der Waals surface area contributed by atoms with Crippen LogP contribution in [-0.4, -0.2) is 15.9 Å². The molecule has 0 N–H and O–H groups in total. The summed E-state index contributed by atoms with van der Waals surface area (Å²) in [6, 6.07) is 9.52. The number of nitrogens with zero attached hydrogens (tertiary/aromatic N) is 2. The number of carbonyl (C=O) groups excluding carboxylic acids is 1. The van der Waals surface area contributed by atoms with Gasteiger partial charge in [-0.3, -0.25) is 4.79 Å². The zero-order valence-electron chi connectivity index (χ0n) is 11.3. The number of furan rings is 1. The van der Waals surface area contributed by atoms with Crippen LogP contribution in [0, 0.1) is 0 Å². The van der Waals surface area contributed by atoms with Crippen LogP contribution in [0.15, 0.2) is 39.3 Å². The number of fused-ring (bicyclic) bond motifs is 1. The second kappa shape index (κ2) is 4.92. The number of para-hydroxylation sites is 1. The quantitative estimate of drug-likeness (QED) is 0.725. The van der Waals surface area contributed by atoms with E-state index >= 15 is 0 Å². The Morgan fingerprint density at radius 3 is 2.90 bits per heavy atom. The van der Waals surface area contributed by atoms with E-state index in [4.69, 9.17) is 8.94 Å². The van der Waals surface area contributed by atoms with Gasteiger partial charge in [-0.15, -0.1) is 0 Å². The number of hydrogen-bond donors (Lipinski definition) is 0. The number of hydrogen-bond acceptors (Lipinski definition) is 5. The van der Waals surface area contributed by atoms with Crippen LogP contribution in [0.25, 0.3) is 22.6 Å². The fourth-order valence-corrected chi connectivity index (χ4v) is 2.05. The highest BCUT2D eigenvalue weighted by Crippen LogP contribution is 2.27. The summed E-state index contributed by atoms with van der Waals surface area (Å²) in [6.45, 7) is 3.58. The molecule has 0 bridgehead atoms. The minimum absolute atomic E-state index is 0.0739. The molecule has 1 atom stereocenters. The Labute approximate surface area is 115 Å². The molecule has 102 valence electrons. The minimum Gasteiger partial charge on any atom is -0.453 e. The summed E-state index contributed by atoms with van der Waals surface area (Å²) in [5, 5.41) is 4.87. The van der Waals surface area contributed by atoms with E-state index in [1.165, 1.54) is 0 Å². The van der Waals surface area contributed by atoms with Crippen molar-refractivity contribution in [2.24, 2.45) is 0 Å². The summed E-state index contributed by atoms with van der Waals surface area (Å²) in [5.41, 5.74) is 0.770. The van der Waals surface area contributed by atoms with Crippen LogP contribution in [0.5, 0.6) is 0 Å². The first-order valence-corrected chi connectivity index (χ1v) is 6.54. The molecule has 0 spiro atoms. The van der Waals surface area contributed by atoms with Gasteiger partial charge in [0.05, 0.1) is 5.92 Å². The highest BCUT2D eigenvalue weighted by Gasteiger charge is 2.21. The summed E-state index contributed by atoms with van der Waals surface area (Å²) in [5.74, 6) is 0.923. The van der Waals surface area contributed by atoms with Crippen LogP contribution in [0.2, 0.25) is 0 Å². The zero-order valence-corrected chi connectivity index (χ0v) is 11.3. The maximum atomic E-state index is 11.6. The Bertz CT molecular complexity index is 724. The molecule has 0 fully saturated rings. The molecule has 0 radical (unpaired) electrons. The molecular weight excluding hydrogens is 256 g/mol. The third-order valence-electron chi connectivity index (χ3n) is 3.29. The lowest BCUT2D eigenvalue weighted by atomic mass is 10.1. The topological polar surface area (TPSA) is 69.1 Å². The second-order valence-corrected chi connectivity index (χ2v) is 4.65. The van der Waals surface area contributed by atoms with Crippen molar-refractivity contribution in [3.8, 4) is 11.6 Å². The Morgan fingerprint density at radius 2 is 2.15 bits per heavy atom. The maximum Gasteiger partial charge on any atom is 0.238 e. The van der Waals surface area contributed by atoms with E-state index in [1.807, 2.05) is 37.3 Å². The molecule has 5 heteroatoms. The van der Waals surface area contributed by atoms with E-state index in [1.54, 1.807) is 6.92 Å². The molecule has 0 amide bonds. The predicted octanol–water partition coefficient (Wildman–Crippen LogP) is 3.57. The number of ketones is 1. The van der Waals surface area contributed by atoms with E-state index < -0.39 is 0 Å². The summed E-state index contributed by atoms with van der Waals surface area (Å²) in [4.78, 5) is 15.9. The normalized spacial score (nSPS) is 12.7. The lowest BCUT2D eigenvalue weighted by molar-refractivity contribution is -0.120. The molecule has 0 saturated heterocycles. The third kappa shape index (κ3) is 2.11. The van der Waals surface area contributed by atoms with Crippen LogP contribution in [-0.2, 0) is 4.79 Å². The Balaban J connectivity index is 1.95. The Hall–Kier alpha value is -2.43. The number of benzene rings is 1. The van der Waals surface area contributed by atoms with Crippen LogP contribution >= 0.6 is 0 Å². The molecule has 0 saturated carbocycles. The summed E-state index contributed by atoms with van der Waals surface area (Å²) < 4.78 is 10.8. The monoisotopic (exact) mass is 270 g/mol. The first-order chi connectivity index (χ1) is 9.69. The van der Waals surface area contributed by atoms with Gasteiger partial charge in [0.2, 0.25) is 11.7 Å². The molecule has 5 nitrogen and oxygen atoms in total. The van der Waals surface area contributed by atoms with Gasteiger partial charge in [-0.2, -0.15) is 4.98 Å². The van der Waals surface area contributed by atoms with E-state index in [2.05, 4.69) is 10.1 Å². The summed E-state index contributed by atoms with van der Waals surface area (Å²) in [6.07, 6.45) is 0.448. The average Bonchev–Trinajstić information content (AvgIpc) is 3.11. The molecule has 2 heterocycles. The van der Waals surface area contributed by atoms with E-state index in [0.717, 1.165) is 11.0 Å². The van der Waals surface area contributed by atoms with Crippen molar-refractivity contribution >= 4 is 16.8 Å². The fraction of sp³-hybridized carbons (Fsp3) is 0.267. The molecule has 3 aromatic rings. The standard InChI is InChI=1S/C15H14N2O3/c1-3-11(18)9(2)15-16-14(17-20-15)13-8-10-6-4-5-7-12(10)19-13/h4-9H,3H2,1-2H3. The van der Waals surface area contributed by atoms with Gasteiger partial charge in [0.25, 0.3) is 0 Å². The average molecular weight is 270 g/mol. The van der Waals surface area contributed by atoms with E-state index in [-0.39, 0.29) is 11.7 Å². The minimum atomic E-state index is -0.384. The lowest BCUT2D eigenvalue weighted by Crippen LogP contribution is -2.07. The van der Waals surface area contributed by atoms with Gasteiger partial charge in [0.1, 0.15) is 11.4 Å². The number of rotatable bonds is 4. The molecule has 20 heavy (non-hydrogen) atoms. The van der Waals surface area contributed by atoms with Crippen LogP contribution < -0.4 is 0 Å². The van der Waals surface area contributed by atoms with Crippen molar-refractivity contribution in [1.29, 1.82) is 0 Å². The molecule has 0 aliphatic carbocycles. The summed E-state index contributed by atoms with van der Waals surface area (Å²) >= 11 is 0. The second-order valence-electron chi connectivity index (χ2n) is 4.65. The van der Waals surface area contributed by atoms with Crippen molar-refractivity contribution in [3.63, 3.8) is 0 Å². The maximum absolute atomic E-state index is 11.6. The van der Waals surface area contributed by atoms with Gasteiger partial charge in [0, 0.05) is 11.8 Å². The lowest BCUT2D eigenvalue weighted by Gasteiger charge is -2.00. The van der Waals surface area contributed by atoms with Gasteiger partial charge in [-0.25, -0.2) is 0 Å². The molecule has 2 aromatic heterocycles. The highest BCUT2D eigenvalue weighted by atomic mass is 16.5. The van der Waals surface area contributed by atoms with Gasteiger partial charge in [-0.05, 0) is 19.1 Å². The van der Waals surface area contributed by atoms with Gasteiger partial charge >= 0.3 is 0 Å². The van der Waals surface area contributed by atoms with Gasteiger partial charge in [0.15, 0.2) is 5.76 Å². The van der Waals surface area contributed by atoms with Crippen molar-refractivity contribution in [2.75, 3.05) is 0 Å². The number of carbonyl (C=O) groups is 1. The molecule has 3 rings (SSSR count). The number of Topliss-reactive ketones (excluding diaryl/α,β-unsaturated/α-hetero) is 1. The van der Waals surface area contributed by atoms with Gasteiger partial charge in [-0.1, -0.05) is 30.3 Å². The van der Waals surface area contributed by atoms with Crippen molar-refractivity contribution in [1.82, 2.24) is 10.1 Å². The highest BCUT2D eigenvalue weighted by molar-refractivity contribution is 5.84. The zero-order chi connectivity index (χ0) is 14.1. The molecule has 1 unspecified atom stereocenters. The Kier molecular flexibility index (Phi) is 3.10. The van der Waals surface area contributed by atoms with Crippen molar-refractivity contribution in [3.05, 3.63) is 36.2 Å². The van der Waals surface area contributed by atoms with E-state index in [9.17, 15) is 4.79 Å². The fourth-order valence-electron chi connectivity index (χ4n) is 2.05. The van der Waals surface area contributed by atoms with E-state index in [0.29, 0.717) is 23.9 Å². The number of aromatic nitrogens is 2. The van der Waals surface area contributed by atoms with Crippen LogP contribution in [0.4, 0.5) is 0 Å². The molecular formula is C15H14N2O3. The van der Waals surface area contributed by atoms with Crippen LogP contribution in [0.3, 0.4) is 0 Å². The first kappa shape index (κ1) is 12.6. The molecule has 1 aromatic carbocycles. The van der Waals surface area contributed by atoms with Gasteiger partial charge < -0.3 is 8.94 Å². The Morgan fingerprint density at radius 1 is 1.35 bits per heavy atom. The summed E-state index contributed by atoms with van der Waals surface area (Å²) in [7, 11) is 0. The largest absolute Gasteiger partial charge is 0.453 e. The predicted molar refractivity (Wildman–Crippen MR) is 73.2 cm³/mol. The molecule has 0 aliphatic rings.